The molecule has 0 aromatic heterocycles. The van der Waals surface area contributed by atoms with E-state index in [2.05, 4.69) is 4.90 Å². The Balaban J connectivity index is 2.08. The topological polar surface area (TPSA) is 81.0 Å². The van der Waals surface area contributed by atoms with Crippen molar-refractivity contribution in [3.05, 3.63) is 23.8 Å². The molecule has 0 spiro atoms. The molecule has 0 amide bonds. The summed E-state index contributed by atoms with van der Waals surface area (Å²) in [5.74, 6) is 1.04. The van der Waals surface area contributed by atoms with Gasteiger partial charge in [0.2, 0.25) is 0 Å². The molecule has 6 heteroatoms. The number of phenols is 2. The minimum Gasteiger partial charge on any atom is -0.508 e. The molecule has 19 heavy (non-hydrogen) atoms. The van der Waals surface area contributed by atoms with Gasteiger partial charge in [0, 0.05) is 42.3 Å². The number of hydrogen-bond acceptors (Lipinski definition) is 5. The van der Waals surface area contributed by atoms with E-state index in [9.17, 15) is 15.0 Å². The van der Waals surface area contributed by atoms with E-state index in [-0.39, 0.29) is 24.0 Å². The second-order valence-corrected chi connectivity index (χ2v) is 5.76. The van der Waals surface area contributed by atoms with Gasteiger partial charge in [-0.1, -0.05) is 6.07 Å². The maximum atomic E-state index is 10.9. The van der Waals surface area contributed by atoms with Crippen LogP contribution in [0.4, 0.5) is 0 Å². The van der Waals surface area contributed by atoms with Crippen LogP contribution in [-0.4, -0.2) is 50.3 Å². The maximum absolute atomic E-state index is 10.9. The summed E-state index contributed by atoms with van der Waals surface area (Å²) in [6, 6.07) is 4.49. The molecule has 2 rings (SSSR count). The van der Waals surface area contributed by atoms with Gasteiger partial charge in [0.15, 0.2) is 0 Å². The Hall–Kier alpha value is -1.40. The highest BCUT2D eigenvalue weighted by atomic mass is 32.2. The fraction of sp³-hybridized carbons (Fsp3) is 0.462. The molecule has 1 atom stereocenters. The highest BCUT2D eigenvalue weighted by molar-refractivity contribution is 7.99. The molecule has 0 saturated carbocycles. The number of carbonyl (C=O) groups is 1. The predicted octanol–water partition coefficient (Wildman–Crippen LogP) is 1.49. The van der Waals surface area contributed by atoms with E-state index in [1.54, 1.807) is 17.8 Å². The summed E-state index contributed by atoms with van der Waals surface area (Å²) in [7, 11) is 0. The minimum absolute atomic E-state index is 0.00977. The van der Waals surface area contributed by atoms with Crippen molar-refractivity contribution in [1.29, 1.82) is 0 Å². The molecule has 1 heterocycles. The first-order valence-corrected chi connectivity index (χ1v) is 7.26. The number of hydrogen-bond donors (Lipinski definition) is 3. The Morgan fingerprint density at radius 2 is 2.21 bits per heavy atom. The first-order valence-electron chi connectivity index (χ1n) is 6.10. The Kier molecular flexibility index (Phi) is 4.55. The molecular formula is C13H17NO4S. The SMILES string of the molecule is O=C(O)CC1CSCCN1Cc1ccc(O)cc1O. The Morgan fingerprint density at radius 3 is 2.89 bits per heavy atom. The van der Waals surface area contributed by atoms with Gasteiger partial charge in [0.05, 0.1) is 6.42 Å². The van der Waals surface area contributed by atoms with Gasteiger partial charge in [0.1, 0.15) is 11.5 Å². The molecule has 0 aliphatic carbocycles. The molecule has 1 aromatic carbocycles. The number of nitrogens with zero attached hydrogens (tertiary/aromatic N) is 1. The molecule has 1 aliphatic heterocycles. The normalized spacial score (nSPS) is 20.3. The molecule has 1 unspecified atom stereocenters. The molecule has 104 valence electrons. The average Bonchev–Trinajstić information content (AvgIpc) is 2.34. The van der Waals surface area contributed by atoms with Gasteiger partial charge in [-0.25, -0.2) is 0 Å². The van der Waals surface area contributed by atoms with Gasteiger partial charge < -0.3 is 15.3 Å². The first kappa shape index (κ1) is 14.0. The van der Waals surface area contributed by atoms with Crippen molar-refractivity contribution < 1.29 is 20.1 Å². The molecule has 1 aliphatic rings. The Morgan fingerprint density at radius 1 is 1.42 bits per heavy atom. The van der Waals surface area contributed by atoms with Crippen molar-refractivity contribution >= 4 is 17.7 Å². The van der Waals surface area contributed by atoms with Gasteiger partial charge in [0.25, 0.3) is 0 Å². The van der Waals surface area contributed by atoms with Crippen LogP contribution in [0.5, 0.6) is 11.5 Å². The summed E-state index contributed by atoms with van der Waals surface area (Å²) in [5.41, 5.74) is 0.708. The van der Waals surface area contributed by atoms with Crippen molar-refractivity contribution in [3.8, 4) is 11.5 Å². The lowest BCUT2D eigenvalue weighted by Crippen LogP contribution is -2.42. The Labute approximate surface area is 115 Å². The van der Waals surface area contributed by atoms with Crippen LogP contribution >= 0.6 is 11.8 Å². The number of phenolic OH excluding ortho intramolecular Hbond substituents is 2. The molecule has 1 aromatic rings. The van der Waals surface area contributed by atoms with Crippen LogP contribution in [0.1, 0.15) is 12.0 Å². The quantitative estimate of drug-likeness (QED) is 0.777. The van der Waals surface area contributed by atoms with Gasteiger partial charge in [-0.3, -0.25) is 9.69 Å². The average molecular weight is 283 g/mol. The summed E-state index contributed by atoms with van der Waals surface area (Å²) in [5, 5.41) is 28.0. The third-order valence-corrected chi connectivity index (χ3v) is 4.29. The van der Waals surface area contributed by atoms with E-state index >= 15 is 0 Å². The molecular weight excluding hydrogens is 266 g/mol. The van der Waals surface area contributed by atoms with E-state index in [0.717, 1.165) is 18.1 Å². The fourth-order valence-corrected chi connectivity index (χ4v) is 3.32. The van der Waals surface area contributed by atoms with E-state index in [4.69, 9.17) is 5.11 Å². The smallest absolute Gasteiger partial charge is 0.304 e. The molecule has 0 radical (unpaired) electrons. The van der Waals surface area contributed by atoms with Gasteiger partial charge >= 0.3 is 5.97 Å². The molecule has 0 bridgehead atoms. The van der Waals surface area contributed by atoms with Crippen LogP contribution in [-0.2, 0) is 11.3 Å². The van der Waals surface area contributed by atoms with Crippen molar-refractivity contribution in [2.45, 2.75) is 19.0 Å². The fourth-order valence-electron chi connectivity index (χ4n) is 2.19. The van der Waals surface area contributed by atoms with Crippen LogP contribution < -0.4 is 0 Å². The summed E-state index contributed by atoms with van der Waals surface area (Å²) < 4.78 is 0. The lowest BCUT2D eigenvalue weighted by Gasteiger charge is -2.34. The zero-order valence-electron chi connectivity index (χ0n) is 10.5. The van der Waals surface area contributed by atoms with E-state index < -0.39 is 5.97 Å². The van der Waals surface area contributed by atoms with Crippen LogP contribution in [0.25, 0.3) is 0 Å². The number of aliphatic carboxylic acids is 1. The second kappa shape index (κ2) is 6.16. The highest BCUT2D eigenvalue weighted by Crippen LogP contribution is 2.27. The van der Waals surface area contributed by atoms with Crippen molar-refractivity contribution in [1.82, 2.24) is 4.90 Å². The Bertz CT molecular complexity index is 466. The number of aromatic hydroxyl groups is 2. The standard InChI is InChI=1S/C13H17NO4S/c15-11-2-1-9(12(16)6-11)7-14-3-4-19-8-10(14)5-13(17)18/h1-2,6,10,15-16H,3-5,7-8H2,(H,17,18). The predicted molar refractivity (Wildman–Crippen MR) is 73.5 cm³/mol. The zero-order valence-corrected chi connectivity index (χ0v) is 11.3. The third kappa shape index (κ3) is 3.78. The summed E-state index contributed by atoms with van der Waals surface area (Å²) in [4.78, 5) is 12.9. The lowest BCUT2D eigenvalue weighted by atomic mass is 10.1. The number of benzene rings is 1. The van der Waals surface area contributed by atoms with Crippen LogP contribution in [0.15, 0.2) is 18.2 Å². The number of carboxylic acids is 1. The lowest BCUT2D eigenvalue weighted by molar-refractivity contribution is -0.138. The van der Waals surface area contributed by atoms with Crippen molar-refractivity contribution in [3.63, 3.8) is 0 Å². The second-order valence-electron chi connectivity index (χ2n) is 4.61. The van der Waals surface area contributed by atoms with Crippen LogP contribution in [0.2, 0.25) is 0 Å². The molecule has 1 saturated heterocycles. The monoisotopic (exact) mass is 283 g/mol. The van der Waals surface area contributed by atoms with Gasteiger partial charge in [-0.15, -0.1) is 0 Å². The van der Waals surface area contributed by atoms with Crippen LogP contribution in [0, 0.1) is 0 Å². The van der Waals surface area contributed by atoms with E-state index in [0.29, 0.717) is 12.1 Å². The summed E-state index contributed by atoms with van der Waals surface area (Å²) in [6.45, 7) is 1.31. The molecule has 5 nitrogen and oxygen atoms in total. The van der Waals surface area contributed by atoms with Gasteiger partial charge in [-0.2, -0.15) is 11.8 Å². The zero-order chi connectivity index (χ0) is 13.8. The number of carboxylic acid groups (broad SMARTS) is 1. The number of rotatable bonds is 4. The highest BCUT2D eigenvalue weighted by Gasteiger charge is 2.25. The van der Waals surface area contributed by atoms with E-state index in [1.165, 1.54) is 12.1 Å². The number of thioether (sulfide) groups is 1. The van der Waals surface area contributed by atoms with E-state index in [1.807, 2.05) is 0 Å². The maximum Gasteiger partial charge on any atom is 0.304 e. The van der Waals surface area contributed by atoms with Crippen molar-refractivity contribution in [2.75, 3.05) is 18.1 Å². The van der Waals surface area contributed by atoms with Crippen molar-refractivity contribution in [2.24, 2.45) is 0 Å². The minimum atomic E-state index is -0.799. The van der Waals surface area contributed by atoms with Crippen LogP contribution in [0.3, 0.4) is 0 Å². The van der Waals surface area contributed by atoms with Gasteiger partial charge in [-0.05, 0) is 6.07 Å². The third-order valence-electron chi connectivity index (χ3n) is 3.20. The summed E-state index contributed by atoms with van der Waals surface area (Å²) in [6.07, 6.45) is 0.117. The molecule has 1 fully saturated rings. The largest absolute Gasteiger partial charge is 0.508 e. The summed E-state index contributed by atoms with van der Waals surface area (Å²) >= 11 is 1.76. The molecule has 3 N–H and O–H groups in total. The first-order chi connectivity index (χ1) is 9.06.